The van der Waals surface area contributed by atoms with E-state index in [0.29, 0.717) is 16.5 Å². The zero-order chi connectivity index (χ0) is 18.6. The van der Waals surface area contributed by atoms with Gasteiger partial charge in [0.25, 0.3) is 5.91 Å². The van der Waals surface area contributed by atoms with Crippen molar-refractivity contribution in [2.75, 3.05) is 31.1 Å². The molecular weight excluding hydrogens is 362 g/mol. The lowest BCUT2D eigenvalue weighted by atomic mass is 9.97. The minimum atomic E-state index is 0.0496. The number of piperidine rings is 2. The first-order valence-corrected chi connectivity index (χ1v) is 10.3. The normalized spacial score (nSPS) is 18.7. The minimum absolute atomic E-state index is 0.0496. The smallest absolute Gasteiger partial charge is 0.255 e. The van der Waals surface area contributed by atoms with E-state index in [9.17, 15) is 4.79 Å². The fourth-order valence-electron chi connectivity index (χ4n) is 4.06. The second-order valence-corrected chi connectivity index (χ2v) is 7.95. The summed E-state index contributed by atoms with van der Waals surface area (Å²) >= 11 is 6.51. The summed E-state index contributed by atoms with van der Waals surface area (Å²) < 4.78 is 2.01. The fraction of sp³-hybridized carbons (Fsp3) is 0.550. The van der Waals surface area contributed by atoms with Crippen molar-refractivity contribution in [1.82, 2.24) is 19.7 Å². The number of carbonyl (C=O) groups excluding carboxylic acids is 1. The third-order valence-electron chi connectivity index (χ3n) is 5.63. The predicted octanol–water partition coefficient (Wildman–Crippen LogP) is 3.47. The standard InChI is InChI=1S/C20H26ClN5O/c21-18-13-17(20(27)25-8-2-1-3-9-25)14-22-19(18)24-11-5-16(6-12-24)15-26-10-4-7-23-26/h4,7,10,13-14,16H,1-3,5-6,8-9,11-12,15H2. The Morgan fingerprint density at radius 3 is 2.59 bits per heavy atom. The lowest BCUT2D eigenvalue weighted by molar-refractivity contribution is 0.0724. The number of rotatable bonds is 4. The number of likely N-dealkylation sites (tertiary alicyclic amines) is 1. The average Bonchev–Trinajstić information content (AvgIpc) is 3.22. The molecule has 4 rings (SSSR count). The van der Waals surface area contributed by atoms with Gasteiger partial charge in [-0.15, -0.1) is 0 Å². The van der Waals surface area contributed by atoms with Gasteiger partial charge in [0.2, 0.25) is 0 Å². The number of pyridine rings is 1. The van der Waals surface area contributed by atoms with Gasteiger partial charge in [0.15, 0.2) is 0 Å². The van der Waals surface area contributed by atoms with Gasteiger partial charge in [-0.3, -0.25) is 9.48 Å². The van der Waals surface area contributed by atoms with E-state index in [0.717, 1.165) is 64.2 Å². The van der Waals surface area contributed by atoms with Gasteiger partial charge < -0.3 is 9.80 Å². The first-order valence-electron chi connectivity index (χ1n) is 9.88. The predicted molar refractivity (Wildman–Crippen MR) is 106 cm³/mol. The van der Waals surface area contributed by atoms with E-state index in [1.165, 1.54) is 6.42 Å². The molecule has 1 amide bonds. The van der Waals surface area contributed by atoms with Crippen molar-refractivity contribution in [3.63, 3.8) is 0 Å². The minimum Gasteiger partial charge on any atom is -0.355 e. The van der Waals surface area contributed by atoms with Crippen molar-refractivity contribution >= 4 is 23.3 Å². The molecule has 2 fully saturated rings. The molecule has 0 atom stereocenters. The first-order chi connectivity index (χ1) is 13.2. The Kier molecular flexibility index (Phi) is 5.62. The Morgan fingerprint density at radius 1 is 1.15 bits per heavy atom. The van der Waals surface area contributed by atoms with Crippen LogP contribution in [-0.2, 0) is 6.54 Å². The monoisotopic (exact) mass is 387 g/mol. The van der Waals surface area contributed by atoms with E-state index >= 15 is 0 Å². The van der Waals surface area contributed by atoms with E-state index in [1.807, 2.05) is 28.0 Å². The summed E-state index contributed by atoms with van der Waals surface area (Å²) in [6.45, 7) is 4.49. The number of carbonyl (C=O) groups is 1. The summed E-state index contributed by atoms with van der Waals surface area (Å²) in [5.74, 6) is 1.47. The van der Waals surface area contributed by atoms with Crippen molar-refractivity contribution in [2.45, 2.75) is 38.6 Å². The molecule has 0 N–H and O–H groups in total. The summed E-state index contributed by atoms with van der Waals surface area (Å²) in [5.41, 5.74) is 0.596. The van der Waals surface area contributed by atoms with Gasteiger partial charge >= 0.3 is 0 Å². The second-order valence-electron chi connectivity index (χ2n) is 7.54. The molecule has 144 valence electrons. The van der Waals surface area contributed by atoms with Crippen molar-refractivity contribution < 1.29 is 4.79 Å². The number of nitrogens with zero attached hydrogens (tertiary/aromatic N) is 5. The topological polar surface area (TPSA) is 54.3 Å². The van der Waals surface area contributed by atoms with Crippen LogP contribution < -0.4 is 4.90 Å². The Labute approximate surface area is 165 Å². The number of halogens is 1. The molecule has 0 spiro atoms. The molecule has 6 nitrogen and oxygen atoms in total. The van der Waals surface area contributed by atoms with Gasteiger partial charge in [-0.2, -0.15) is 5.10 Å². The molecule has 7 heteroatoms. The first kappa shape index (κ1) is 18.3. The van der Waals surface area contributed by atoms with E-state index in [-0.39, 0.29) is 5.91 Å². The zero-order valence-electron chi connectivity index (χ0n) is 15.6. The van der Waals surface area contributed by atoms with E-state index in [1.54, 1.807) is 12.3 Å². The molecule has 0 aliphatic carbocycles. The largest absolute Gasteiger partial charge is 0.355 e. The Balaban J connectivity index is 1.37. The summed E-state index contributed by atoms with van der Waals surface area (Å²) in [7, 11) is 0. The maximum Gasteiger partial charge on any atom is 0.255 e. The lowest BCUT2D eigenvalue weighted by Gasteiger charge is -2.33. The van der Waals surface area contributed by atoms with Gasteiger partial charge in [-0.1, -0.05) is 11.6 Å². The summed E-state index contributed by atoms with van der Waals surface area (Å²) in [6, 6.07) is 3.75. The second kappa shape index (κ2) is 8.30. The molecule has 4 heterocycles. The Bertz CT molecular complexity index is 765. The molecule has 2 aliphatic heterocycles. The molecule has 0 bridgehead atoms. The third-order valence-corrected chi connectivity index (χ3v) is 5.91. The van der Waals surface area contributed by atoms with Crippen LogP contribution in [0, 0.1) is 5.92 Å². The van der Waals surface area contributed by atoms with Crippen LogP contribution in [0.4, 0.5) is 5.82 Å². The van der Waals surface area contributed by atoms with Crippen LogP contribution in [0.2, 0.25) is 5.02 Å². The number of hydrogen-bond donors (Lipinski definition) is 0. The molecule has 0 unspecified atom stereocenters. The van der Waals surface area contributed by atoms with Gasteiger partial charge in [0.1, 0.15) is 5.82 Å². The van der Waals surface area contributed by atoms with Gasteiger partial charge in [0.05, 0.1) is 10.6 Å². The van der Waals surface area contributed by atoms with Crippen molar-refractivity contribution in [3.05, 3.63) is 41.3 Å². The molecule has 2 aliphatic rings. The van der Waals surface area contributed by atoms with Crippen LogP contribution >= 0.6 is 11.6 Å². The van der Waals surface area contributed by atoms with Crippen LogP contribution in [0.3, 0.4) is 0 Å². The quantitative estimate of drug-likeness (QED) is 0.806. The highest BCUT2D eigenvalue weighted by atomic mass is 35.5. The summed E-state index contributed by atoms with van der Waals surface area (Å²) in [5, 5.41) is 4.87. The average molecular weight is 388 g/mol. The number of amides is 1. The number of aromatic nitrogens is 3. The van der Waals surface area contributed by atoms with Gasteiger partial charge in [-0.05, 0) is 50.2 Å². The molecule has 2 aromatic heterocycles. The van der Waals surface area contributed by atoms with Crippen LogP contribution in [0.25, 0.3) is 0 Å². The molecule has 27 heavy (non-hydrogen) atoms. The van der Waals surface area contributed by atoms with E-state index in [2.05, 4.69) is 15.0 Å². The van der Waals surface area contributed by atoms with Crippen molar-refractivity contribution in [3.8, 4) is 0 Å². The summed E-state index contributed by atoms with van der Waals surface area (Å²) in [4.78, 5) is 21.3. The van der Waals surface area contributed by atoms with E-state index in [4.69, 9.17) is 11.6 Å². The molecule has 0 radical (unpaired) electrons. The Hall–Kier alpha value is -2.08. The number of hydrogen-bond acceptors (Lipinski definition) is 4. The summed E-state index contributed by atoms with van der Waals surface area (Å²) in [6.07, 6.45) is 11.1. The molecule has 0 saturated carbocycles. The third kappa shape index (κ3) is 4.26. The molecule has 2 saturated heterocycles. The maximum atomic E-state index is 12.6. The van der Waals surface area contributed by atoms with Crippen molar-refractivity contribution in [2.24, 2.45) is 5.92 Å². The highest BCUT2D eigenvalue weighted by molar-refractivity contribution is 6.33. The molecular formula is C20H26ClN5O. The lowest BCUT2D eigenvalue weighted by Crippen LogP contribution is -2.37. The highest BCUT2D eigenvalue weighted by Crippen LogP contribution is 2.29. The van der Waals surface area contributed by atoms with Crippen molar-refractivity contribution in [1.29, 1.82) is 0 Å². The highest BCUT2D eigenvalue weighted by Gasteiger charge is 2.24. The molecule has 0 aromatic carbocycles. The van der Waals surface area contributed by atoms with Crippen LogP contribution in [0.15, 0.2) is 30.7 Å². The van der Waals surface area contributed by atoms with Crippen LogP contribution in [0.1, 0.15) is 42.5 Å². The van der Waals surface area contributed by atoms with Gasteiger partial charge in [-0.25, -0.2) is 4.98 Å². The maximum absolute atomic E-state index is 12.6. The van der Waals surface area contributed by atoms with Crippen LogP contribution in [-0.4, -0.2) is 51.8 Å². The SMILES string of the molecule is O=C(c1cnc(N2CCC(Cn3cccn3)CC2)c(Cl)c1)N1CCCCC1. The van der Waals surface area contributed by atoms with E-state index < -0.39 is 0 Å². The molecule has 2 aromatic rings. The Morgan fingerprint density at radius 2 is 1.93 bits per heavy atom. The fourth-order valence-corrected chi connectivity index (χ4v) is 4.35. The van der Waals surface area contributed by atoms with Gasteiger partial charge in [0, 0.05) is 51.3 Å². The van der Waals surface area contributed by atoms with Crippen LogP contribution in [0.5, 0.6) is 0 Å². The number of anilines is 1. The zero-order valence-corrected chi connectivity index (χ0v) is 16.3.